The quantitative estimate of drug-likeness (QED) is 0.746. The second kappa shape index (κ2) is 5.97. The fourth-order valence-electron chi connectivity index (χ4n) is 2.04. The van der Waals surface area contributed by atoms with Crippen LogP contribution in [0.4, 0.5) is 10.1 Å². The second-order valence-corrected chi connectivity index (χ2v) is 5.06. The number of nitrogens with one attached hydrogen (secondary N) is 2. The van der Waals surface area contributed by atoms with Crippen molar-refractivity contribution in [3.63, 3.8) is 0 Å². The molecule has 0 saturated carbocycles. The maximum Gasteiger partial charge on any atom is 0.142 e. The smallest absolute Gasteiger partial charge is 0.142 e. The topological polar surface area (TPSA) is 40.7 Å². The predicted molar refractivity (Wildman–Crippen MR) is 82.8 cm³/mol. The van der Waals surface area contributed by atoms with E-state index in [1.807, 2.05) is 30.3 Å². The van der Waals surface area contributed by atoms with Crippen molar-refractivity contribution >= 4 is 17.3 Å². The van der Waals surface area contributed by atoms with Gasteiger partial charge in [-0.05, 0) is 41.5 Å². The molecule has 0 fully saturated rings. The summed E-state index contributed by atoms with van der Waals surface area (Å²) < 4.78 is 13.3. The molecule has 5 heteroatoms. The zero-order valence-electron chi connectivity index (χ0n) is 11.1. The third kappa shape index (κ3) is 3.23. The van der Waals surface area contributed by atoms with Crippen LogP contribution < -0.4 is 5.32 Å². The first-order valence-electron chi connectivity index (χ1n) is 6.50. The summed E-state index contributed by atoms with van der Waals surface area (Å²) in [5.74, 6) is -0.398. The molecule has 0 aliphatic carbocycles. The van der Waals surface area contributed by atoms with Crippen LogP contribution in [0.3, 0.4) is 0 Å². The molecule has 2 N–H and O–H groups in total. The number of halogens is 2. The molecule has 0 amide bonds. The lowest BCUT2D eigenvalue weighted by molar-refractivity contribution is 0.626. The number of benzene rings is 2. The standard InChI is InChI=1S/C16H13ClFN3/c17-14-6-1-11(9-15(14)18)10-19-13-4-2-12(3-5-13)16-7-8-20-21-16/h1-9,19H,10H2,(H,20,21). The number of hydrogen-bond acceptors (Lipinski definition) is 2. The van der Waals surface area contributed by atoms with Gasteiger partial charge in [0.15, 0.2) is 0 Å². The minimum absolute atomic E-state index is 0.141. The lowest BCUT2D eigenvalue weighted by Gasteiger charge is -2.08. The van der Waals surface area contributed by atoms with Gasteiger partial charge in [-0.2, -0.15) is 5.10 Å². The molecule has 3 aromatic rings. The van der Waals surface area contributed by atoms with Crippen molar-refractivity contribution in [1.82, 2.24) is 10.2 Å². The molecule has 21 heavy (non-hydrogen) atoms. The van der Waals surface area contributed by atoms with Gasteiger partial charge in [-0.1, -0.05) is 29.8 Å². The zero-order chi connectivity index (χ0) is 14.7. The number of aromatic amines is 1. The van der Waals surface area contributed by atoms with Gasteiger partial charge in [-0.3, -0.25) is 5.10 Å². The molecular formula is C16H13ClFN3. The Hall–Kier alpha value is -2.33. The fourth-order valence-corrected chi connectivity index (χ4v) is 2.16. The van der Waals surface area contributed by atoms with Crippen molar-refractivity contribution in [3.05, 3.63) is 71.1 Å². The first kappa shape index (κ1) is 13.6. The van der Waals surface area contributed by atoms with Crippen molar-refractivity contribution in [1.29, 1.82) is 0 Å². The lowest BCUT2D eigenvalue weighted by atomic mass is 10.1. The van der Waals surface area contributed by atoms with Gasteiger partial charge in [0, 0.05) is 18.4 Å². The van der Waals surface area contributed by atoms with Gasteiger partial charge >= 0.3 is 0 Å². The van der Waals surface area contributed by atoms with Crippen LogP contribution >= 0.6 is 11.6 Å². The summed E-state index contributed by atoms with van der Waals surface area (Å²) in [5.41, 5.74) is 3.85. The number of hydrogen-bond donors (Lipinski definition) is 2. The molecule has 0 spiro atoms. The minimum atomic E-state index is -0.398. The van der Waals surface area contributed by atoms with Crippen LogP contribution in [0.15, 0.2) is 54.7 Å². The van der Waals surface area contributed by atoms with E-state index >= 15 is 0 Å². The Kier molecular flexibility index (Phi) is 3.88. The van der Waals surface area contributed by atoms with Crippen LogP contribution in [-0.2, 0) is 6.54 Å². The molecule has 0 bridgehead atoms. The van der Waals surface area contributed by atoms with E-state index in [2.05, 4.69) is 15.5 Å². The van der Waals surface area contributed by atoms with Crippen molar-refractivity contribution in [2.45, 2.75) is 6.54 Å². The zero-order valence-corrected chi connectivity index (χ0v) is 11.9. The maximum absolute atomic E-state index is 13.3. The van der Waals surface area contributed by atoms with E-state index in [0.29, 0.717) is 6.54 Å². The largest absolute Gasteiger partial charge is 0.381 e. The van der Waals surface area contributed by atoms with Gasteiger partial charge in [-0.15, -0.1) is 0 Å². The molecule has 0 unspecified atom stereocenters. The van der Waals surface area contributed by atoms with Crippen LogP contribution in [0.25, 0.3) is 11.3 Å². The first-order valence-corrected chi connectivity index (χ1v) is 6.88. The third-order valence-electron chi connectivity index (χ3n) is 3.18. The van der Waals surface area contributed by atoms with Crippen LogP contribution in [-0.4, -0.2) is 10.2 Å². The summed E-state index contributed by atoms with van der Waals surface area (Å²) in [6, 6.07) is 14.7. The third-order valence-corrected chi connectivity index (χ3v) is 3.48. The highest BCUT2D eigenvalue weighted by Gasteiger charge is 2.02. The second-order valence-electron chi connectivity index (χ2n) is 4.65. The van der Waals surface area contributed by atoms with E-state index in [0.717, 1.165) is 22.5 Å². The van der Waals surface area contributed by atoms with Gasteiger partial charge in [0.25, 0.3) is 0 Å². The van der Waals surface area contributed by atoms with Crippen molar-refractivity contribution in [2.75, 3.05) is 5.32 Å². The molecule has 1 aromatic heterocycles. The van der Waals surface area contributed by atoms with E-state index in [-0.39, 0.29) is 5.02 Å². The minimum Gasteiger partial charge on any atom is -0.381 e. The SMILES string of the molecule is Fc1cc(CNc2ccc(-c3ccn[nH]3)cc2)ccc1Cl. The average Bonchev–Trinajstić information content (AvgIpc) is 3.03. The van der Waals surface area contributed by atoms with E-state index in [9.17, 15) is 4.39 Å². The average molecular weight is 302 g/mol. The molecule has 0 atom stereocenters. The van der Waals surface area contributed by atoms with Gasteiger partial charge in [-0.25, -0.2) is 4.39 Å². The van der Waals surface area contributed by atoms with Crippen LogP contribution in [0.2, 0.25) is 5.02 Å². The molecule has 0 aliphatic rings. The summed E-state index contributed by atoms with van der Waals surface area (Å²) in [4.78, 5) is 0. The number of anilines is 1. The van der Waals surface area contributed by atoms with E-state index in [4.69, 9.17) is 11.6 Å². The number of aromatic nitrogens is 2. The Morgan fingerprint density at radius 3 is 2.57 bits per heavy atom. The molecular weight excluding hydrogens is 289 g/mol. The summed E-state index contributed by atoms with van der Waals surface area (Å²) in [6.45, 7) is 0.539. The molecule has 3 rings (SSSR count). The van der Waals surface area contributed by atoms with Crippen LogP contribution in [0, 0.1) is 5.82 Å². The van der Waals surface area contributed by atoms with Crippen molar-refractivity contribution in [2.24, 2.45) is 0 Å². The van der Waals surface area contributed by atoms with Gasteiger partial charge in [0.2, 0.25) is 0 Å². The summed E-state index contributed by atoms with van der Waals surface area (Å²) >= 11 is 5.66. The molecule has 2 aromatic carbocycles. The summed E-state index contributed by atoms with van der Waals surface area (Å²) in [7, 11) is 0. The van der Waals surface area contributed by atoms with E-state index in [1.165, 1.54) is 6.07 Å². The van der Waals surface area contributed by atoms with Crippen molar-refractivity contribution in [3.8, 4) is 11.3 Å². The van der Waals surface area contributed by atoms with Crippen molar-refractivity contribution < 1.29 is 4.39 Å². The molecule has 1 heterocycles. The Balaban J connectivity index is 1.66. The summed E-state index contributed by atoms with van der Waals surface area (Å²) in [6.07, 6.45) is 1.72. The Morgan fingerprint density at radius 1 is 1.10 bits per heavy atom. The molecule has 0 aliphatic heterocycles. The first-order chi connectivity index (χ1) is 10.2. The Morgan fingerprint density at radius 2 is 1.90 bits per heavy atom. The van der Waals surface area contributed by atoms with Gasteiger partial charge < -0.3 is 5.32 Å². The lowest BCUT2D eigenvalue weighted by Crippen LogP contribution is -1.99. The Bertz CT molecular complexity index is 724. The monoisotopic (exact) mass is 301 g/mol. The van der Waals surface area contributed by atoms with Gasteiger partial charge in [0.1, 0.15) is 5.82 Å². The highest BCUT2D eigenvalue weighted by Crippen LogP contribution is 2.20. The number of nitrogens with zero attached hydrogens (tertiary/aromatic N) is 1. The molecule has 0 radical (unpaired) electrons. The van der Waals surface area contributed by atoms with Crippen LogP contribution in [0.5, 0.6) is 0 Å². The van der Waals surface area contributed by atoms with E-state index < -0.39 is 5.82 Å². The molecule has 106 valence electrons. The number of rotatable bonds is 4. The molecule has 3 nitrogen and oxygen atoms in total. The Labute approximate surface area is 126 Å². The normalized spacial score (nSPS) is 10.6. The predicted octanol–water partition coefficient (Wildman–Crippen LogP) is 4.48. The van der Waals surface area contributed by atoms with Gasteiger partial charge in [0.05, 0.1) is 10.7 Å². The summed E-state index contributed by atoms with van der Waals surface area (Å²) in [5, 5.41) is 10.2. The number of H-pyrrole nitrogens is 1. The maximum atomic E-state index is 13.3. The molecule has 0 saturated heterocycles. The van der Waals surface area contributed by atoms with Crippen LogP contribution in [0.1, 0.15) is 5.56 Å². The fraction of sp³-hybridized carbons (Fsp3) is 0.0625. The highest BCUT2D eigenvalue weighted by molar-refractivity contribution is 6.30. The van der Waals surface area contributed by atoms with E-state index in [1.54, 1.807) is 18.3 Å². The highest BCUT2D eigenvalue weighted by atomic mass is 35.5.